The molecule has 56 valence electrons. The van der Waals surface area contributed by atoms with Crippen molar-refractivity contribution in [2.45, 2.75) is 0 Å². The smallest absolute Gasteiger partial charge is 0.112 e. The molecule has 0 spiro atoms. The van der Waals surface area contributed by atoms with Crippen molar-refractivity contribution in [1.29, 1.82) is 0 Å². The first-order chi connectivity index (χ1) is 5.38. The van der Waals surface area contributed by atoms with Crippen molar-refractivity contribution >= 4 is 11.8 Å². The average molecular weight is 148 g/mol. The summed E-state index contributed by atoms with van der Waals surface area (Å²) in [6.07, 6.45) is 5.74. The Hall–Kier alpha value is -1.45. The molecule has 0 fully saturated rings. The van der Waals surface area contributed by atoms with Gasteiger partial charge in [-0.05, 0) is 11.3 Å². The molecule has 0 N–H and O–H groups in total. The Balaban J connectivity index is 2.54. The summed E-state index contributed by atoms with van der Waals surface area (Å²) in [5, 5.41) is 11.1. The largest absolute Gasteiger partial charge is 0.368 e. The van der Waals surface area contributed by atoms with Gasteiger partial charge in [0.1, 0.15) is 5.69 Å². The Labute approximate surface area is 64.6 Å². The third kappa shape index (κ3) is 0.960. The normalized spacial score (nSPS) is 14.8. The van der Waals surface area contributed by atoms with Gasteiger partial charge in [-0.25, -0.2) is 0 Å². The van der Waals surface area contributed by atoms with E-state index in [9.17, 15) is 0 Å². The molecule has 4 heteroatoms. The third-order valence-electron chi connectivity index (χ3n) is 1.71. The summed E-state index contributed by atoms with van der Waals surface area (Å²) in [5.74, 6) is 0. The van der Waals surface area contributed by atoms with E-state index in [1.54, 1.807) is 6.20 Å². The molecule has 2 rings (SSSR count). The van der Waals surface area contributed by atoms with E-state index in [2.05, 4.69) is 26.4 Å². The van der Waals surface area contributed by atoms with Crippen LogP contribution in [0, 0.1) is 0 Å². The highest BCUT2D eigenvalue weighted by atomic mass is 15.3. The Morgan fingerprint density at radius 1 is 1.55 bits per heavy atom. The molecule has 1 aliphatic heterocycles. The van der Waals surface area contributed by atoms with Crippen molar-refractivity contribution < 1.29 is 0 Å². The van der Waals surface area contributed by atoms with E-state index in [1.807, 2.05) is 13.1 Å². The molecule has 0 atom stereocenters. The summed E-state index contributed by atoms with van der Waals surface area (Å²) in [5.41, 5.74) is 1.94. The standard InChI is InChI=1S/C7H8N4/c1-11-4-2-3-6-7(11)5-8-10-9-6/h2-3,5H,4H2,1H3. The second-order valence-electron chi connectivity index (χ2n) is 2.49. The number of fused-ring (bicyclic) bond motifs is 1. The monoisotopic (exact) mass is 148 g/mol. The molecule has 4 nitrogen and oxygen atoms in total. The first kappa shape index (κ1) is 6.27. The first-order valence-corrected chi connectivity index (χ1v) is 3.44. The van der Waals surface area contributed by atoms with E-state index in [1.165, 1.54) is 0 Å². The van der Waals surface area contributed by atoms with Crippen molar-refractivity contribution in [3.05, 3.63) is 18.0 Å². The van der Waals surface area contributed by atoms with Gasteiger partial charge in [0, 0.05) is 13.6 Å². The van der Waals surface area contributed by atoms with Crippen LogP contribution in [0.4, 0.5) is 5.69 Å². The second-order valence-corrected chi connectivity index (χ2v) is 2.49. The molecule has 0 amide bonds. The molecule has 0 saturated carbocycles. The van der Waals surface area contributed by atoms with Crippen LogP contribution < -0.4 is 4.90 Å². The molecule has 0 radical (unpaired) electrons. The Morgan fingerprint density at radius 3 is 3.27 bits per heavy atom. The molecule has 0 bridgehead atoms. The fourth-order valence-electron chi connectivity index (χ4n) is 1.11. The molecule has 1 aromatic rings. The van der Waals surface area contributed by atoms with Gasteiger partial charge < -0.3 is 4.90 Å². The van der Waals surface area contributed by atoms with Gasteiger partial charge in [-0.2, -0.15) is 0 Å². The van der Waals surface area contributed by atoms with Gasteiger partial charge in [-0.3, -0.25) is 0 Å². The van der Waals surface area contributed by atoms with Crippen molar-refractivity contribution in [3.8, 4) is 0 Å². The molecule has 0 unspecified atom stereocenters. The van der Waals surface area contributed by atoms with Gasteiger partial charge in [0.05, 0.1) is 11.9 Å². The van der Waals surface area contributed by atoms with E-state index >= 15 is 0 Å². The van der Waals surface area contributed by atoms with E-state index in [4.69, 9.17) is 0 Å². The van der Waals surface area contributed by atoms with Gasteiger partial charge in [-0.1, -0.05) is 6.08 Å². The summed E-state index contributed by atoms with van der Waals surface area (Å²) in [6.45, 7) is 0.917. The van der Waals surface area contributed by atoms with Crippen LogP contribution in [0.2, 0.25) is 0 Å². The fourth-order valence-corrected chi connectivity index (χ4v) is 1.11. The van der Waals surface area contributed by atoms with Gasteiger partial charge in [0.15, 0.2) is 0 Å². The van der Waals surface area contributed by atoms with Crippen LogP contribution in [0.3, 0.4) is 0 Å². The predicted octanol–water partition coefficient (Wildman–Crippen LogP) is 0.335. The van der Waals surface area contributed by atoms with Crippen LogP contribution in [0.5, 0.6) is 0 Å². The number of nitrogens with zero attached hydrogens (tertiary/aromatic N) is 4. The second kappa shape index (κ2) is 2.30. The molecule has 0 aliphatic carbocycles. The summed E-state index contributed by atoms with van der Waals surface area (Å²) >= 11 is 0. The van der Waals surface area contributed by atoms with Crippen molar-refractivity contribution in [1.82, 2.24) is 15.4 Å². The predicted molar refractivity (Wildman–Crippen MR) is 42.1 cm³/mol. The lowest BCUT2D eigenvalue weighted by molar-refractivity contribution is 0.837. The number of aromatic nitrogens is 3. The highest BCUT2D eigenvalue weighted by molar-refractivity contribution is 5.66. The van der Waals surface area contributed by atoms with Crippen LogP contribution in [0.25, 0.3) is 6.08 Å². The van der Waals surface area contributed by atoms with Crippen LogP contribution in [-0.2, 0) is 0 Å². The van der Waals surface area contributed by atoms with Crippen LogP contribution in [-0.4, -0.2) is 29.0 Å². The third-order valence-corrected chi connectivity index (χ3v) is 1.71. The van der Waals surface area contributed by atoms with Gasteiger partial charge >= 0.3 is 0 Å². The minimum Gasteiger partial charge on any atom is -0.368 e. The topological polar surface area (TPSA) is 41.9 Å². The van der Waals surface area contributed by atoms with Gasteiger partial charge in [0.25, 0.3) is 0 Å². The zero-order chi connectivity index (χ0) is 7.68. The Kier molecular flexibility index (Phi) is 1.31. The maximum atomic E-state index is 3.88. The lowest BCUT2D eigenvalue weighted by Crippen LogP contribution is -2.21. The van der Waals surface area contributed by atoms with E-state index in [-0.39, 0.29) is 0 Å². The molecule has 11 heavy (non-hydrogen) atoms. The van der Waals surface area contributed by atoms with Crippen LogP contribution in [0.1, 0.15) is 5.69 Å². The summed E-state index contributed by atoms with van der Waals surface area (Å²) in [4.78, 5) is 2.08. The number of hydrogen-bond acceptors (Lipinski definition) is 4. The van der Waals surface area contributed by atoms with Gasteiger partial charge in [-0.15, -0.1) is 10.2 Å². The SMILES string of the molecule is CN1CC=Cc2nnncc21. The molecular weight excluding hydrogens is 140 g/mol. The van der Waals surface area contributed by atoms with E-state index in [0.29, 0.717) is 0 Å². The quantitative estimate of drug-likeness (QED) is 0.532. The highest BCUT2D eigenvalue weighted by Crippen LogP contribution is 2.19. The molecule has 1 aliphatic rings. The molecule has 2 heterocycles. The number of rotatable bonds is 0. The molecule has 0 aromatic carbocycles. The van der Waals surface area contributed by atoms with Crippen LogP contribution >= 0.6 is 0 Å². The first-order valence-electron chi connectivity index (χ1n) is 3.44. The lowest BCUT2D eigenvalue weighted by atomic mass is 10.2. The zero-order valence-corrected chi connectivity index (χ0v) is 6.23. The number of hydrogen-bond donors (Lipinski definition) is 0. The maximum absolute atomic E-state index is 3.88. The summed E-state index contributed by atoms with van der Waals surface area (Å²) in [7, 11) is 2.01. The van der Waals surface area contributed by atoms with E-state index < -0.39 is 0 Å². The fraction of sp³-hybridized carbons (Fsp3) is 0.286. The van der Waals surface area contributed by atoms with Gasteiger partial charge in [0.2, 0.25) is 0 Å². The van der Waals surface area contributed by atoms with Crippen molar-refractivity contribution in [3.63, 3.8) is 0 Å². The summed E-state index contributed by atoms with van der Waals surface area (Å²) < 4.78 is 0. The van der Waals surface area contributed by atoms with Crippen molar-refractivity contribution in [2.24, 2.45) is 0 Å². The molecule has 0 saturated heterocycles. The average Bonchev–Trinajstić information content (AvgIpc) is 2.06. The Morgan fingerprint density at radius 2 is 2.45 bits per heavy atom. The lowest BCUT2D eigenvalue weighted by Gasteiger charge is -2.20. The van der Waals surface area contributed by atoms with Crippen molar-refractivity contribution in [2.75, 3.05) is 18.5 Å². The maximum Gasteiger partial charge on any atom is 0.112 e. The Bertz CT molecular complexity index is 294. The minimum atomic E-state index is 0.897. The molecular formula is C7H8N4. The van der Waals surface area contributed by atoms with Crippen LogP contribution in [0.15, 0.2) is 12.3 Å². The van der Waals surface area contributed by atoms with E-state index in [0.717, 1.165) is 17.9 Å². The highest BCUT2D eigenvalue weighted by Gasteiger charge is 2.09. The number of likely N-dealkylation sites (N-methyl/N-ethyl adjacent to an activating group) is 1. The zero-order valence-electron chi connectivity index (χ0n) is 6.23. The summed E-state index contributed by atoms with van der Waals surface area (Å²) in [6, 6.07) is 0. The number of anilines is 1. The molecule has 1 aromatic heterocycles. The minimum absolute atomic E-state index is 0.897.